The molecule has 1 heterocycles. The van der Waals surface area contributed by atoms with Crippen LogP contribution in [-0.4, -0.2) is 12.5 Å². The summed E-state index contributed by atoms with van der Waals surface area (Å²) in [6.45, 7) is 2.73. The number of carbonyl (C=O) groups excluding carboxylic acids is 1. The van der Waals surface area contributed by atoms with Crippen molar-refractivity contribution < 1.29 is 4.79 Å². The van der Waals surface area contributed by atoms with Gasteiger partial charge in [0.15, 0.2) is 0 Å². The summed E-state index contributed by atoms with van der Waals surface area (Å²) in [6.07, 6.45) is 6.53. The fraction of sp³-hybridized carbons (Fsp3) is 0.375. The SMILES string of the molecule is CC=CC=C1CCNC1=O. The number of amides is 1. The Labute approximate surface area is 60.6 Å². The number of nitrogens with one attached hydrogen (secondary N) is 1. The molecule has 0 unspecified atom stereocenters. The van der Waals surface area contributed by atoms with E-state index >= 15 is 0 Å². The largest absolute Gasteiger partial charge is 0.352 e. The van der Waals surface area contributed by atoms with Crippen LogP contribution < -0.4 is 5.32 Å². The van der Waals surface area contributed by atoms with E-state index in [0.717, 1.165) is 18.5 Å². The lowest BCUT2D eigenvalue weighted by molar-refractivity contribution is -0.116. The Hall–Kier alpha value is -1.05. The lowest BCUT2D eigenvalue weighted by Gasteiger charge is -1.86. The number of hydrogen-bond acceptors (Lipinski definition) is 1. The molecular formula is C8H11NO. The van der Waals surface area contributed by atoms with Crippen molar-refractivity contribution >= 4 is 5.91 Å². The number of allylic oxidation sites excluding steroid dienone is 3. The predicted molar refractivity (Wildman–Crippen MR) is 40.5 cm³/mol. The van der Waals surface area contributed by atoms with Crippen molar-refractivity contribution in [1.29, 1.82) is 0 Å². The van der Waals surface area contributed by atoms with Gasteiger partial charge in [-0.15, -0.1) is 0 Å². The van der Waals surface area contributed by atoms with Crippen LogP contribution in [0.25, 0.3) is 0 Å². The molecule has 2 heteroatoms. The van der Waals surface area contributed by atoms with Crippen LogP contribution >= 0.6 is 0 Å². The van der Waals surface area contributed by atoms with E-state index in [0.29, 0.717) is 0 Å². The average molecular weight is 137 g/mol. The van der Waals surface area contributed by atoms with Gasteiger partial charge in [-0.1, -0.05) is 18.2 Å². The third kappa shape index (κ3) is 1.47. The zero-order valence-electron chi connectivity index (χ0n) is 6.05. The Kier molecular flexibility index (Phi) is 2.26. The van der Waals surface area contributed by atoms with Crippen molar-refractivity contribution in [2.24, 2.45) is 0 Å². The summed E-state index contributed by atoms with van der Waals surface area (Å²) < 4.78 is 0. The summed E-state index contributed by atoms with van der Waals surface area (Å²) in [5, 5.41) is 2.74. The number of carbonyl (C=O) groups is 1. The van der Waals surface area contributed by atoms with Gasteiger partial charge in [0.25, 0.3) is 0 Å². The van der Waals surface area contributed by atoms with Crippen LogP contribution in [0.2, 0.25) is 0 Å². The van der Waals surface area contributed by atoms with E-state index in [-0.39, 0.29) is 5.91 Å². The molecule has 0 aromatic heterocycles. The van der Waals surface area contributed by atoms with Crippen molar-refractivity contribution in [3.05, 3.63) is 23.8 Å². The Balaban J connectivity index is 2.62. The molecule has 1 amide bonds. The second kappa shape index (κ2) is 3.20. The van der Waals surface area contributed by atoms with Crippen molar-refractivity contribution in [3.8, 4) is 0 Å². The molecule has 1 saturated heterocycles. The second-order valence-electron chi connectivity index (χ2n) is 2.22. The molecular weight excluding hydrogens is 126 g/mol. The van der Waals surface area contributed by atoms with E-state index in [1.165, 1.54) is 0 Å². The van der Waals surface area contributed by atoms with Gasteiger partial charge in [-0.05, 0) is 13.3 Å². The highest BCUT2D eigenvalue weighted by molar-refractivity contribution is 5.95. The van der Waals surface area contributed by atoms with Crippen LogP contribution in [0.4, 0.5) is 0 Å². The third-order valence-electron chi connectivity index (χ3n) is 1.46. The highest BCUT2D eigenvalue weighted by atomic mass is 16.1. The van der Waals surface area contributed by atoms with Gasteiger partial charge in [-0.3, -0.25) is 4.79 Å². The van der Waals surface area contributed by atoms with Crippen molar-refractivity contribution in [2.45, 2.75) is 13.3 Å². The molecule has 0 aliphatic carbocycles. The van der Waals surface area contributed by atoms with E-state index < -0.39 is 0 Å². The molecule has 0 aromatic carbocycles. The maximum atomic E-state index is 10.9. The fourth-order valence-corrected chi connectivity index (χ4v) is 0.909. The fourth-order valence-electron chi connectivity index (χ4n) is 0.909. The smallest absolute Gasteiger partial charge is 0.247 e. The normalized spacial score (nSPS) is 22.5. The predicted octanol–water partition coefficient (Wildman–Crippen LogP) is 1.01. The lowest BCUT2D eigenvalue weighted by Crippen LogP contribution is -2.13. The zero-order valence-corrected chi connectivity index (χ0v) is 6.05. The van der Waals surface area contributed by atoms with Crippen molar-refractivity contribution in [3.63, 3.8) is 0 Å². The average Bonchev–Trinajstić information content (AvgIpc) is 2.31. The lowest BCUT2D eigenvalue weighted by atomic mass is 10.2. The van der Waals surface area contributed by atoms with Gasteiger partial charge >= 0.3 is 0 Å². The molecule has 0 saturated carbocycles. The quantitative estimate of drug-likeness (QED) is 0.537. The minimum Gasteiger partial charge on any atom is -0.352 e. The second-order valence-corrected chi connectivity index (χ2v) is 2.22. The Morgan fingerprint density at radius 1 is 1.60 bits per heavy atom. The van der Waals surface area contributed by atoms with Crippen LogP contribution in [0, 0.1) is 0 Å². The molecule has 1 rings (SSSR count). The first kappa shape index (κ1) is 7.06. The maximum Gasteiger partial charge on any atom is 0.247 e. The maximum absolute atomic E-state index is 10.9. The van der Waals surface area contributed by atoms with Gasteiger partial charge < -0.3 is 5.32 Å². The molecule has 1 N–H and O–H groups in total. The van der Waals surface area contributed by atoms with Gasteiger partial charge in [0.1, 0.15) is 0 Å². The molecule has 10 heavy (non-hydrogen) atoms. The summed E-state index contributed by atoms with van der Waals surface area (Å²) >= 11 is 0. The Bertz CT molecular complexity index is 191. The van der Waals surface area contributed by atoms with Crippen LogP contribution in [0.3, 0.4) is 0 Å². The molecule has 1 fully saturated rings. The van der Waals surface area contributed by atoms with Crippen molar-refractivity contribution in [1.82, 2.24) is 5.32 Å². The van der Waals surface area contributed by atoms with Crippen LogP contribution in [0.1, 0.15) is 13.3 Å². The monoisotopic (exact) mass is 137 g/mol. The molecule has 54 valence electrons. The summed E-state index contributed by atoms with van der Waals surface area (Å²) in [5.41, 5.74) is 0.887. The standard InChI is InChI=1S/C8H11NO/c1-2-3-4-7-5-6-9-8(7)10/h2-4H,5-6H2,1H3,(H,9,10). The Morgan fingerprint density at radius 2 is 2.40 bits per heavy atom. The van der Waals surface area contributed by atoms with E-state index in [2.05, 4.69) is 5.32 Å². The molecule has 0 spiro atoms. The minimum absolute atomic E-state index is 0.0816. The van der Waals surface area contributed by atoms with Crippen LogP contribution in [0.5, 0.6) is 0 Å². The summed E-state index contributed by atoms with van der Waals surface area (Å²) in [5.74, 6) is 0.0816. The molecule has 1 aliphatic heterocycles. The minimum atomic E-state index is 0.0816. The molecule has 0 atom stereocenters. The van der Waals surface area contributed by atoms with E-state index in [1.54, 1.807) is 0 Å². The highest BCUT2D eigenvalue weighted by Crippen LogP contribution is 2.06. The Morgan fingerprint density at radius 3 is 2.90 bits per heavy atom. The summed E-state index contributed by atoms with van der Waals surface area (Å²) in [6, 6.07) is 0. The molecule has 0 aromatic rings. The molecule has 0 radical (unpaired) electrons. The van der Waals surface area contributed by atoms with Crippen molar-refractivity contribution in [2.75, 3.05) is 6.54 Å². The van der Waals surface area contributed by atoms with Gasteiger partial charge in [0.2, 0.25) is 5.91 Å². The van der Waals surface area contributed by atoms with Gasteiger partial charge in [0.05, 0.1) is 0 Å². The van der Waals surface area contributed by atoms with E-state index in [1.807, 2.05) is 25.2 Å². The van der Waals surface area contributed by atoms with Gasteiger partial charge in [0, 0.05) is 12.1 Å². The topological polar surface area (TPSA) is 29.1 Å². The molecule has 0 bridgehead atoms. The van der Waals surface area contributed by atoms with Gasteiger partial charge in [-0.2, -0.15) is 0 Å². The summed E-state index contributed by atoms with van der Waals surface area (Å²) in [4.78, 5) is 10.9. The zero-order chi connectivity index (χ0) is 7.40. The van der Waals surface area contributed by atoms with E-state index in [9.17, 15) is 4.79 Å². The van der Waals surface area contributed by atoms with Gasteiger partial charge in [-0.25, -0.2) is 0 Å². The summed E-state index contributed by atoms with van der Waals surface area (Å²) in [7, 11) is 0. The molecule has 1 aliphatic rings. The number of rotatable bonds is 1. The van der Waals surface area contributed by atoms with Crippen LogP contribution in [-0.2, 0) is 4.79 Å². The number of hydrogen-bond donors (Lipinski definition) is 1. The molecule has 2 nitrogen and oxygen atoms in total. The first-order valence-electron chi connectivity index (χ1n) is 3.44. The highest BCUT2D eigenvalue weighted by Gasteiger charge is 2.13. The third-order valence-corrected chi connectivity index (χ3v) is 1.46. The van der Waals surface area contributed by atoms with Crippen LogP contribution in [0.15, 0.2) is 23.8 Å². The first-order chi connectivity index (χ1) is 4.84. The van der Waals surface area contributed by atoms with E-state index in [4.69, 9.17) is 0 Å². The first-order valence-corrected chi connectivity index (χ1v) is 3.44.